The van der Waals surface area contributed by atoms with Gasteiger partial charge in [0.2, 0.25) is 0 Å². The van der Waals surface area contributed by atoms with Crippen molar-refractivity contribution in [3.63, 3.8) is 0 Å². The fraction of sp³-hybridized carbons (Fsp3) is 0.214. The van der Waals surface area contributed by atoms with Crippen molar-refractivity contribution in [2.24, 2.45) is 0 Å². The van der Waals surface area contributed by atoms with Gasteiger partial charge in [0, 0.05) is 30.6 Å². The molecule has 36 heavy (non-hydrogen) atoms. The van der Waals surface area contributed by atoms with Gasteiger partial charge in [0.25, 0.3) is 0 Å². The van der Waals surface area contributed by atoms with Crippen molar-refractivity contribution in [1.29, 1.82) is 5.26 Å². The van der Waals surface area contributed by atoms with E-state index in [-0.39, 0.29) is 11.5 Å². The fourth-order valence-electron chi connectivity index (χ4n) is 4.59. The molecule has 3 aromatic carbocycles. The Bertz CT molecular complexity index is 1580. The summed E-state index contributed by atoms with van der Waals surface area (Å²) in [5.41, 5.74) is 12.2. The summed E-state index contributed by atoms with van der Waals surface area (Å²) in [6.07, 6.45) is 0. The summed E-state index contributed by atoms with van der Waals surface area (Å²) >= 11 is 0. The van der Waals surface area contributed by atoms with Crippen LogP contribution < -0.4 is 10.5 Å². The van der Waals surface area contributed by atoms with Crippen molar-refractivity contribution in [2.45, 2.75) is 6.54 Å². The first-order chi connectivity index (χ1) is 17.4. The lowest BCUT2D eigenvalue weighted by Gasteiger charge is -2.26. The monoisotopic (exact) mass is 498 g/mol. The maximum atomic E-state index is 11.7. The van der Waals surface area contributed by atoms with Gasteiger partial charge in [0.05, 0.1) is 35.5 Å². The predicted molar refractivity (Wildman–Crippen MR) is 142 cm³/mol. The number of nitrogen functional groups attached to an aromatic ring is 1. The van der Waals surface area contributed by atoms with Gasteiger partial charge in [-0.25, -0.2) is 13.4 Å². The van der Waals surface area contributed by atoms with Gasteiger partial charge < -0.3 is 10.5 Å². The molecule has 0 aliphatic carbocycles. The SMILES string of the molecule is COc1ccccc1-c1nc2cc(-c3ccc(CN4CCS(=O)(=O)CC4)cc3)ccc2c(N)c1C#N. The third kappa shape index (κ3) is 4.63. The van der Waals surface area contributed by atoms with Gasteiger partial charge >= 0.3 is 0 Å². The third-order valence-electron chi connectivity index (χ3n) is 6.63. The maximum absolute atomic E-state index is 11.7. The predicted octanol–water partition coefficient (Wildman–Crippen LogP) is 4.26. The average Bonchev–Trinajstić information content (AvgIpc) is 2.90. The molecule has 0 radical (unpaired) electrons. The molecule has 1 aliphatic heterocycles. The van der Waals surface area contributed by atoms with Crippen molar-refractivity contribution in [3.05, 3.63) is 77.9 Å². The van der Waals surface area contributed by atoms with Gasteiger partial charge in [-0.05, 0) is 34.9 Å². The number of benzene rings is 3. The highest BCUT2D eigenvalue weighted by Crippen LogP contribution is 2.37. The lowest BCUT2D eigenvalue weighted by Crippen LogP contribution is -2.39. The minimum Gasteiger partial charge on any atom is -0.496 e. The maximum Gasteiger partial charge on any atom is 0.152 e. The normalized spacial score (nSPS) is 15.4. The second kappa shape index (κ2) is 9.61. The van der Waals surface area contributed by atoms with Crippen molar-refractivity contribution in [3.8, 4) is 34.2 Å². The standard InChI is InChI=1S/C28H26N4O3S/c1-35-26-5-3-2-4-23(26)28-24(17-29)27(30)22-11-10-21(16-25(22)31-28)20-8-6-19(7-9-20)18-32-12-14-36(33,34)15-13-32/h2-11,16H,12-15,18H2,1H3,(H2,30,31). The molecule has 0 saturated carbocycles. The highest BCUT2D eigenvalue weighted by Gasteiger charge is 2.21. The van der Waals surface area contributed by atoms with E-state index in [1.54, 1.807) is 7.11 Å². The number of nitrogens with two attached hydrogens (primary N) is 1. The van der Waals surface area contributed by atoms with Gasteiger partial charge in [0.15, 0.2) is 9.84 Å². The van der Waals surface area contributed by atoms with E-state index in [9.17, 15) is 13.7 Å². The Kier molecular flexibility index (Phi) is 6.35. The molecule has 7 nitrogen and oxygen atoms in total. The van der Waals surface area contributed by atoms with E-state index in [1.165, 1.54) is 0 Å². The van der Waals surface area contributed by atoms with Crippen LogP contribution in [-0.2, 0) is 16.4 Å². The van der Waals surface area contributed by atoms with Crippen LogP contribution in [-0.4, -0.2) is 50.0 Å². The summed E-state index contributed by atoms with van der Waals surface area (Å²) in [6, 6.07) is 23.8. The largest absolute Gasteiger partial charge is 0.496 e. The second-order valence-electron chi connectivity index (χ2n) is 8.92. The number of methoxy groups -OCH3 is 1. The lowest BCUT2D eigenvalue weighted by molar-refractivity contribution is 0.287. The van der Waals surface area contributed by atoms with Crippen LogP contribution in [0.1, 0.15) is 11.1 Å². The summed E-state index contributed by atoms with van der Waals surface area (Å²) in [5, 5.41) is 10.6. The molecule has 2 heterocycles. The number of anilines is 1. The Morgan fingerprint density at radius 3 is 2.42 bits per heavy atom. The topological polar surface area (TPSA) is 109 Å². The van der Waals surface area contributed by atoms with Crippen LogP contribution in [0.2, 0.25) is 0 Å². The van der Waals surface area contributed by atoms with Crippen molar-refractivity contribution in [2.75, 3.05) is 37.4 Å². The summed E-state index contributed by atoms with van der Waals surface area (Å²) < 4.78 is 28.8. The van der Waals surface area contributed by atoms with Crippen molar-refractivity contribution >= 4 is 26.4 Å². The van der Waals surface area contributed by atoms with Gasteiger partial charge in [-0.2, -0.15) is 5.26 Å². The number of sulfone groups is 1. The molecule has 1 fully saturated rings. The highest BCUT2D eigenvalue weighted by molar-refractivity contribution is 7.91. The summed E-state index contributed by atoms with van der Waals surface area (Å²) in [7, 11) is -1.29. The van der Waals surface area contributed by atoms with Crippen molar-refractivity contribution in [1.82, 2.24) is 9.88 Å². The number of hydrogen-bond acceptors (Lipinski definition) is 7. The Morgan fingerprint density at radius 1 is 1.03 bits per heavy atom. The fourth-order valence-corrected chi connectivity index (χ4v) is 5.86. The van der Waals surface area contributed by atoms with Crippen LogP contribution in [0.25, 0.3) is 33.3 Å². The molecule has 2 N–H and O–H groups in total. The molecule has 0 bridgehead atoms. The van der Waals surface area contributed by atoms with E-state index >= 15 is 0 Å². The number of ether oxygens (including phenoxy) is 1. The zero-order valence-corrected chi connectivity index (χ0v) is 20.8. The number of aromatic nitrogens is 1. The number of rotatable bonds is 5. The number of nitriles is 1. The molecular weight excluding hydrogens is 472 g/mol. The zero-order chi connectivity index (χ0) is 25.3. The Balaban J connectivity index is 1.47. The number of fused-ring (bicyclic) bond motifs is 1. The molecule has 182 valence electrons. The first kappa shape index (κ1) is 23.8. The molecule has 1 aromatic heterocycles. The van der Waals surface area contributed by atoms with Crippen LogP contribution in [0.3, 0.4) is 0 Å². The highest BCUT2D eigenvalue weighted by atomic mass is 32.2. The van der Waals surface area contributed by atoms with Crippen LogP contribution in [0.5, 0.6) is 5.75 Å². The molecule has 0 amide bonds. The van der Waals surface area contributed by atoms with E-state index in [1.807, 2.05) is 42.5 Å². The quantitative estimate of drug-likeness (QED) is 0.438. The van der Waals surface area contributed by atoms with Gasteiger partial charge in [0.1, 0.15) is 17.4 Å². The third-order valence-corrected chi connectivity index (χ3v) is 8.24. The molecule has 1 saturated heterocycles. The molecule has 0 unspecified atom stereocenters. The first-order valence-electron chi connectivity index (χ1n) is 11.7. The summed E-state index contributed by atoms with van der Waals surface area (Å²) in [4.78, 5) is 7.01. The Morgan fingerprint density at radius 2 is 1.72 bits per heavy atom. The first-order valence-corrected chi connectivity index (χ1v) is 13.5. The average molecular weight is 499 g/mol. The van der Waals surface area contributed by atoms with Crippen LogP contribution >= 0.6 is 0 Å². The summed E-state index contributed by atoms with van der Waals surface area (Å²) in [6.45, 7) is 1.87. The van der Waals surface area contributed by atoms with Crippen molar-refractivity contribution < 1.29 is 13.2 Å². The molecule has 8 heteroatoms. The summed E-state index contributed by atoms with van der Waals surface area (Å²) in [5.74, 6) is 1.07. The number of nitrogens with zero attached hydrogens (tertiary/aromatic N) is 3. The van der Waals surface area contributed by atoms with Gasteiger partial charge in [-0.15, -0.1) is 0 Å². The molecule has 5 rings (SSSR count). The van der Waals surface area contributed by atoms with E-state index in [4.69, 9.17) is 15.5 Å². The molecule has 0 spiro atoms. The Hall–Kier alpha value is -3.93. The van der Waals surface area contributed by atoms with Crippen LogP contribution in [0.15, 0.2) is 66.7 Å². The number of pyridine rings is 1. The number of hydrogen-bond donors (Lipinski definition) is 1. The van der Waals surface area contributed by atoms with E-state index in [0.717, 1.165) is 28.6 Å². The van der Waals surface area contributed by atoms with Crippen LogP contribution in [0, 0.1) is 11.3 Å². The van der Waals surface area contributed by atoms with E-state index in [0.29, 0.717) is 46.9 Å². The number of para-hydroxylation sites is 1. The van der Waals surface area contributed by atoms with Gasteiger partial charge in [-0.3, -0.25) is 4.90 Å². The smallest absolute Gasteiger partial charge is 0.152 e. The van der Waals surface area contributed by atoms with Crippen LogP contribution in [0.4, 0.5) is 5.69 Å². The van der Waals surface area contributed by atoms with E-state index in [2.05, 4.69) is 35.2 Å². The molecule has 0 atom stereocenters. The zero-order valence-electron chi connectivity index (χ0n) is 19.9. The molecular formula is C28H26N4O3S. The lowest BCUT2D eigenvalue weighted by atomic mass is 9.98. The Labute approximate surface area is 210 Å². The van der Waals surface area contributed by atoms with E-state index < -0.39 is 9.84 Å². The molecule has 4 aromatic rings. The molecule has 1 aliphatic rings. The minimum absolute atomic E-state index is 0.225. The van der Waals surface area contributed by atoms with Gasteiger partial charge in [-0.1, -0.05) is 48.5 Å². The second-order valence-corrected chi connectivity index (χ2v) is 11.2. The minimum atomic E-state index is -2.88.